The summed E-state index contributed by atoms with van der Waals surface area (Å²) in [7, 11) is 0. The number of hydrogen-bond donors (Lipinski definition) is 1. The van der Waals surface area contributed by atoms with Gasteiger partial charge in [-0.2, -0.15) is 0 Å². The molecular formula is C11H18F2O. The first kappa shape index (κ1) is 11.6. The van der Waals surface area contributed by atoms with Crippen LogP contribution in [0.3, 0.4) is 0 Å². The van der Waals surface area contributed by atoms with Crippen LogP contribution in [0.5, 0.6) is 0 Å². The van der Waals surface area contributed by atoms with Gasteiger partial charge in [-0.1, -0.05) is 11.6 Å². The van der Waals surface area contributed by atoms with Crippen molar-refractivity contribution in [2.24, 2.45) is 5.92 Å². The Kier molecular flexibility index (Phi) is 3.65. The first-order valence-corrected chi connectivity index (χ1v) is 5.12. The van der Waals surface area contributed by atoms with Gasteiger partial charge in [-0.3, -0.25) is 0 Å². The molecule has 1 atom stereocenters. The molecule has 0 spiro atoms. The molecule has 1 saturated carbocycles. The Balaban J connectivity index is 2.46. The van der Waals surface area contributed by atoms with Crippen molar-refractivity contribution >= 4 is 0 Å². The van der Waals surface area contributed by atoms with Crippen molar-refractivity contribution in [2.45, 2.75) is 51.6 Å². The first-order valence-electron chi connectivity index (χ1n) is 5.12. The first-order chi connectivity index (χ1) is 6.41. The van der Waals surface area contributed by atoms with Crippen LogP contribution in [0.2, 0.25) is 0 Å². The quantitative estimate of drug-likeness (QED) is 0.685. The molecule has 14 heavy (non-hydrogen) atoms. The van der Waals surface area contributed by atoms with Crippen molar-refractivity contribution in [3.63, 3.8) is 0 Å². The normalized spacial score (nSPS) is 24.4. The third-order valence-electron chi connectivity index (χ3n) is 2.75. The van der Waals surface area contributed by atoms with E-state index in [-0.39, 0.29) is 18.8 Å². The number of alkyl halides is 2. The number of rotatable bonds is 2. The van der Waals surface area contributed by atoms with Gasteiger partial charge in [0.2, 0.25) is 5.92 Å². The fourth-order valence-corrected chi connectivity index (χ4v) is 1.88. The minimum Gasteiger partial charge on any atom is -0.389 e. The zero-order valence-electron chi connectivity index (χ0n) is 8.76. The molecule has 82 valence electrons. The van der Waals surface area contributed by atoms with E-state index < -0.39 is 12.0 Å². The van der Waals surface area contributed by atoms with E-state index in [1.165, 1.54) is 0 Å². The van der Waals surface area contributed by atoms with Gasteiger partial charge in [0.1, 0.15) is 0 Å². The lowest BCUT2D eigenvalue weighted by Crippen LogP contribution is -2.30. The SMILES string of the molecule is CC(C)=CC(O)C1CCC(F)(F)CC1. The highest BCUT2D eigenvalue weighted by molar-refractivity contribution is 5.00. The van der Waals surface area contributed by atoms with Crippen LogP contribution >= 0.6 is 0 Å². The minimum atomic E-state index is -2.50. The standard InChI is InChI=1S/C11H18F2O/c1-8(2)7-10(14)9-3-5-11(12,13)6-4-9/h7,9-10,14H,3-6H2,1-2H3. The van der Waals surface area contributed by atoms with Gasteiger partial charge in [-0.15, -0.1) is 0 Å². The molecule has 1 unspecified atom stereocenters. The lowest BCUT2D eigenvalue weighted by molar-refractivity contribution is -0.0571. The number of allylic oxidation sites excluding steroid dienone is 1. The average Bonchev–Trinajstić information content (AvgIpc) is 2.02. The molecule has 0 aromatic rings. The monoisotopic (exact) mass is 204 g/mol. The molecule has 0 saturated heterocycles. The molecule has 0 aliphatic heterocycles. The Morgan fingerprint density at radius 3 is 2.29 bits per heavy atom. The van der Waals surface area contributed by atoms with E-state index in [0.29, 0.717) is 12.8 Å². The summed E-state index contributed by atoms with van der Waals surface area (Å²) in [5.74, 6) is -2.48. The molecule has 3 heteroatoms. The molecule has 0 aromatic heterocycles. The average molecular weight is 204 g/mol. The maximum absolute atomic E-state index is 12.8. The number of aliphatic hydroxyl groups excluding tert-OH is 1. The van der Waals surface area contributed by atoms with Crippen LogP contribution < -0.4 is 0 Å². The number of hydrogen-bond acceptors (Lipinski definition) is 1. The molecule has 1 fully saturated rings. The lowest BCUT2D eigenvalue weighted by atomic mass is 9.83. The van der Waals surface area contributed by atoms with Crippen LogP contribution in [0.15, 0.2) is 11.6 Å². The number of halogens is 2. The maximum Gasteiger partial charge on any atom is 0.248 e. The topological polar surface area (TPSA) is 20.2 Å². The Labute approximate surface area is 83.8 Å². The molecule has 1 N–H and O–H groups in total. The fraction of sp³-hybridized carbons (Fsp3) is 0.818. The predicted molar refractivity (Wildman–Crippen MR) is 52.3 cm³/mol. The number of aliphatic hydroxyl groups is 1. The summed E-state index contributed by atoms with van der Waals surface area (Å²) in [4.78, 5) is 0. The molecule has 0 aromatic carbocycles. The Bertz CT molecular complexity index is 209. The van der Waals surface area contributed by atoms with Crippen LogP contribution in [0.4, 0.5) is 8.78 Å². The fourth-order valence-electron chi connectivity index (χ4n) is 1.88. The third-order valence-corrected chi connectivity index (χ3v) is 2.75. The van der Waals surface area contributed by atoms with E-state index in [9.17, 15) is 13.9 Å². The highest BCUT2D eigenvalue weighted by atomic mass is 19.3. The molecular weight excluding hydrogens is 186 g/mol. The van der Waals surface area contributed by atoms with Crippen molar-refractivity contribution in [3.8, 4) is 0 Å². The Morgan fingerprint density at radius 2 is 1.86 bits per heavy atom. The van der Waals surface area contributed by atoms with Gasteiger partial charge in [0, 0.05) is 12.8 Å². The highest BCUT2D eigenvalue weighted by Gasteiger charge is 2.36. The van der Waals surface area contributed by atoms with Gasteiger partial charge in [-0.05, 0) is 32.6 Å². The molecule has 1 aliphatic rings. The van der Waals surface area contributed by atoms with E-state index >= 15 is 0 Å². The second-order valence-electron chi connectivity index (χ2n) is 4.43. The van der Waals surface area contributed by atoms with Gasteiger partial charge in [0.05, 0.1) is 6.10 Å². The van der Waals surface area contributed by atoms with E-state index in [2.05, 4.69) is 0 Å². The summed E-state index contributed by atoms with van der Waals surface area (Å²) in [5, 5.41) is 9.69. The largest absolute Gasteiger partial charge is 0.389 e. The van der Waals surface area contributed by atoms with E-state index in [1.807, 2.05) is 13.8 Å². The minimum absolute atomic E-state index is 0.0181. The second-order valence-corrected chi connectivity index (χ2v) is 4.43. The highest BCUT2D eigenvalue weighted by Crippen LogP contribution is 2.37. The van der Waals surface area contributed by atoms with Crippen molar-refractivity contribution in [2.75, 3.05) is 0 Å². The van der Waals surface area contributed by atoms with Gasteiger partial charge in [-0.25, -0.2) is 8.78 Å². The van der Waals surface area contributed by atoms with E-state index in [4.69, 9.17) is 0 Å². The molecule has 0 heterocycles. The van der Waals surface area contributed by atoms with Crippen LogP contribution in [0.25, 0.3) is 0 Å². The third kappa shape index (κ3) is 3.37. The predicted octanol–water partition coefficient (Wildman–Crippen LogP) is 3.14. The summed E-state index contributed by atoms with van der Waals surface area (Å²) < 4.78 is 25.6. The maximum atomic E-state index is 12.8. The van der Waals surface area contributed by atoms with E-state index in [0.717, 1.165) is 5.57 Å². The van der Waals surface area contributed by atoms with Gasteiger partial charge < -0.3 is 5.11 Å². The van der Waals surface area contributed by atoms with Crippen molar-refractivity contribution in [1.82, 2.24) is 0 Å². The molecule has 1 nitrogen and oxygen atoms in total. The van der Waals surface area contributed by atoms with Crippen molar-refractivity contribution in [1.29, 1.82) is 0 Å². The lowest BCUT2D eigenvalue weighted by Gasteiger charge is -2.30. The summed E-state index contributed by atoms with van der Waals surface area (Å²) in [5.41, 5.74) is 1.04. The van der Waals surface area contributed by atoms with Crippen molar-refractivity contribution < 1.29 is 13.9 Å². The van der Waals surface area contributed by atoms with Gasteiger partial charge in [0.15, 0.2) is 0 Å². The van der Waals surface area contributed by atoms with E-state index in [1.54, 1.807) is 6.08 Å². The van der Waals surface area contributed by atoms with Crippen molar-refractivity contribution in [3.05, 3.63) is 11.6 Å². The second kappa shape index (κ2) is 4.39. The molecule has 0 radical (unpaired) electrons. The summed E-state index contributed by atoms with van der Waals surface area (Å²) in [6.45, 7) is 3.81. The molecule has 0 bridgehead atoms. The molecule has 1 rings (SSSR count). The van der Waals surface area contributed by atoms with Gasteiger partial charge >= 0.3 is 0 Å². The van der Waals surface area contributed by atoms with Gasteiger partial charge in [0.25, 0.3) is 0 Å². The summed E-state index contributed by atoms with van der Waals surface area (Å²) in [6, 6.07) is 0. The van der Waals surface area contributed by atoms with Crippen LogP contribution in [-0.4, -0.2) is 17.1 Å². The Morgan fingerprint density at radius 1 is 1.36 bits per heavy atom. The van der Waals surface area contributed by atoms with Crippen LogP contribution in [-0.2, 0) is 0 Å². The zero-order chi connectivity index (χ0) is 10.8. The van der Waals surface area contributed by atoms with Crippen LogP contribution in [0, 0.1) is 5.92 Å². The summed E-state index contributed by atoms with van der Waals surface area (Å²) >= 11 is 0. The Hall–Kier alpha value is -0.440. The zero-order valence-corrected chi connectivity index (χ0v) is 8.76. The molecule has 1 aliphatic carbocycles. The smallest absolute Gasteiger partial charge is 0.248 e. The molecule has 0 amide bonds. The summed E-state index contributed by atoms with van der Waals surface area (Å²) in [6.07, 6.45) is 1.91. The van der Waals surface area contributed by atoms with Crippen LogP contribution in [0.1, 0.15) is 39.5 Å².